The molecule has 0 spiro atoms. The van der Waals surface area contributed by atoms with Crippen LogP contribution in [0.15, 0.2) is 13.6 Å². The number of hydrogen-bond donors (Lipinski definition) is 6. The lowest BCUT2D eigenvalue weighted by Gasteiger charge is -2.41. The molecule has 2 heterocycles. The Balaban J connectivity index is 2.08. The van der Waals surface area contributed by atoms with Gasteiger partial charge in [-0.2, -0.15) is 0 Å². The quantitative estimate of drug-likeness (QED) is 0.0122. The largest absolute Gasteiger partial charge is 0.390 e. The van der Waals surface area contributed by atoms with Crippen molar-refractivity contribution in [3.8, 4) is 142 Å². The number of imide groups is 1. The number of amides is 3. The monoisotopic (exact) mass is 1160 g/mol. The number of unbranched alkanes of at least 4 members (excludes halogenated alkanes) is 13. The van der Waals surface area contributed by atoms with Crippen molar-refractivity contribution in [2.75, 3.05) is 25.4 Å². The molecule has 0 aromatic carbocycles. The third-order valence-corrected chi connectivity index (χ3v) is 13.4. The van der Waals surface area contributed by atoms with E-state index in [1.165, 1.54) is 44.9 Å². The van der Waals surface area contributed by atoms with Crippen LogP contribution in [0.5, 0.6) is 0 Å². The number of carbonyl (C=O) groups is 3. The molecule has 394 valence electrons. The molecule has 2 aliphatic heterocycles. The second-order valence-electron chi connectivity index (χ2n) is 16.5. The van der Waals surface area contributed by atoms with E-state index in [0.29, 0.717) is 32.2 Å². The Bertz CT molecular complexity index is 2870. The van der Waals surface area contributed by atoms with Gasteiger partial charge in [0.2, 0.25) is 0 Å². The molecule has 6 N–H and O–H groups in total. The summed E-state index contributed by atoms with van der Waals surface area (Å²) in [5, 5.41) is 61.0. The Hall–Kier alpha value is -6.82. The molecule has 2 aliphatic rings. The second-order valence-corrected chi connectivity index (χ2v) is 18.6. The summed E-state index contributed by atoms with van der Waals surface area (Å²) in [6.45, 7) is 3.79. The lowest BCUT2D eigenvalue weighted by Crippen LogP contribution is -2.60. The Morgan fingerprint density at radius 2 is 1.17 bits per heavy atom. The number of thioether (sulfide) groups is 1. The van der Waals surface area contributed by atoms with Gasteiger partial charge in [0.1, 0.15) is 24.4 Å². The molecule has 3 amide bonds. The summed E-state index contributed by atoms with van der Waals surface area (Å²) in [5.74, 6) is 57.4. The van der Waals surface area contributed by atoms with Crippen molar-refractivity contribution in [2.45, 2.75) is 166 Å². The van der Waals surface area contributed by atoms with Gasteiger partial charge in [0.15, 0.2) is 6.29 Å². The number of azide groups is 1. The fraction of sp³-hybridized carbons (Fsp3) is 0.508. The maximum Gasteiger partial charge on any atom is 0.297 e. The predicted octanol–water partition coefficient (Wildman–Crippen LogP) is 4.40. The van der Waals surface area contributed by atoms with E-state index in [1.54, 1.807) is 29.5 Å². The number of halogens is 1. The zero-order valence-corrected chi connectivity index (χ0v) is 45.6. The number of rotatable bonds is 28. The molecule has 0 radical (unpaired) electrons. The normalized spacial score (nSPS) is 17.6. The first-order valence-corrected chi connectivity index (χ1v) is 26.8. The lowest BCUT2D eigenvalue weighted by molar-refractivity contribution is -0.294. The Morgan fingerprint density at radius 1 is 0.697 bits per heavy atom. The summed E-state index contributed by atoms with van der Waals surface area (Å²) < 4.78 is 11.9. The lowest BCUT2D eigenvalue weighted by atomic mass is 9.98. The van der Waals surface area contributed by atoms with E-state index in [2.05, 4.69) is 164 Å². The molecular formula is C59H60IN5O10S. The molecule has 0 aliphatic carbocycles. The number of nitrogens with one attached hydrogen (secondary N) is 1. The minimum atomic E-state index is -1.79. The molecule has 0 aromatic rings. The topological polar surface area (TPSA) is 235 Å². The summed E-state index contributed by atoms with van der Waals surface area (Å²) in [4.78, 5) is 43.1. The van der Waals surface area contributed by atoms with Crippen LogP contribution in [0.25, 0.3) is 10.4 Å². The van der Waals surface area contributed by atoms with Crippen molar-refractivity contribution >= 4 is 52.1 Å². The molecule has 15 nitrogen and oxygen atoms in total. The van der Waals surface area contributed by atoms with Gasteiger partial charge in [-0.3, -0.25) is 19.3 Å². The van der Waals surface area contributed by atoms with Crippen molar-refractivity contribution in [3.05, 3.63) is 18.9 Å². The van der Waals surface area contributed by atoms with Crippen LogP contribution in [0.4, 0.5) is 0 Å². The van der Waals surface area contributed by atoms with Gasteiger partial charge in [-0.05, 0) is 149 Å². The van der Waals surface area contributed by atoms with E-state index >= 15 is 0 Å². The van der Waals surface area contributed by atoms with Gasteiger partial charge in [-0.1, -0.05) is 101 Å². The van der Waals surface area contributed by atoms with Crippen molar-refractivity contribution in [1.29, 1.82) is 0 Å². The average molecular weight is 1160 g/mol. The molecule has 1 saturated heterocycles. The van der Waals surface area contributed by atoms with E-state index < -0.39 is 73.3 Å². The smallest absolute Gasteiger partial charge is 0.297 e. The minimum Gasteiger partial charge on any atom is -0.390 e. The molecule has 17 heteroatoms. The summed E-state index contributed by atoms with van der Waals surface area (Å²) in [6.07, 6.45) is 4.43. The molecule has 2 rings (SSSR count). The Morgan fingerprint density at radius 3 is 1.67 bits per heavy atom. The van der Waals surface area contributed by atoms with Gasteiger partial charge < -0.3 is 40.3 Å². The van der Waals surface area contributed by atoms with E-state index in [4.69, 9.17) is 15.0 Å². The maximum atomic E-state index is 13.2. The van der Waals surface area contributed by atoms with E-state index in [1.807, 2.05) is 0 Å². The number of nitrogens with zero attached hydrogens (tertiary/aromatic N) is 4. The molecule has 8 atom stereocenters. The second kappa shape index (κ2) is 42.4. The highest BCUT2D eigenvalue weighted by Gasteiger charge is 2.46. The van der Waals surface area contributed by atoms with Crippen LogP contribution in [-0.4, -0.2) is 123 Å². The number of hydrogen-bond acceptors (Lipinski definition) is 12. The van der Waals surface area contributed by atoms with E-state index in [-0.39, 0.29) is 27.2 Å². The standard InChI is InChI=1S/C59H60IN5O10S/c1-3-5-7-9-11-13-15-17-18-19-20-21-22-23-24-25-26-27-29-31-33-35-38-42-50(67)63-47(52(68)48(66)41-37-34-32-30-28-16-14-12-10-8-6-4-2)45-74-59-55(71)54(70)53(69)49(75-59)46-76-56-51(60)57(72)65(58(56)73)44-40-36-39-43-62-64-61/h47-49,52-55,59,66,68-71H,4,6,8,10,12,14,16,28,30,32,34,36-37,39-41,43-46H2,1-2H3,(H,63,67)/t47-,48+,49?,52-,53-,54-,55?,59-/m0/s1. The predicted molar refractivity (Wildman–Crippen MR) is 299 cm³/mol. The molecule has 0 aromatic heterocycles. The van der Waals surface area contributed by atoms with Crippen LogP contribution < -0.4 is 5.32 Å². The van der Waals surface area contributed by atoms with Crippen LogP contribution >= 0.6 is 34.4 Å². The highest BCUT2D eigenvalue weighted by molar-refractivity contribution is 14.1. The summed E-state index contributed by atoms with van der Waals surface area (Å²) in [7, 11) is 0. The van der Waals surface area contributed by atoms with Crippen LogP contribution in [0, 0.1) is 142 Å². The van der Waals surface area contributed by atoms with Gasteiger partial charge in [0.25, 0.3) is 17.7 Å². The minimum absolute atomic E-state index is 0.124. The highest BCUT2D eigenvalue weighted by Crippen LogP contribution is 2.36. The van der Waals surface area contributed by atoms with Crippen LogP contribution in [-0.2, 0) is 23.9 Å². The molecule has 76 heavy (non-hydrogen) atoms. The third-order valence-electron chi connectivity index (χ3n) is 10.9. The van der Waals surface area contributed by atoms with Gasteiger partial charge >= 0.3 is 0 Å². The van der Waals surface area contributed by atoms with Crippen LogP contribution in [0.2, 0.25) is 0 Å². The molecular weight excluding hydrogens is 1100 g/mol. The van der Waals surface area contributed by atoms with Crippen LogP contribution in [0.3, 0.4) is 0 Å². The Labute approximate surface area is 466 Å². The first kappa shape index (κ1) is 65.3. The Kier molecular flexibility index (Phi) is 36.4. The fourth-order valence-corrected chi connectivity index (χ4v) is 8.96. The SMILES string of the molecule is CC#CC#CC#CC#CC#CC#CC#CC#CC#CC#CC#CC#CC(=O)N[C@@H](CO[C@H]1OC(CSC2=C(I)C(=O)N(CCCCCN=[N+]=[N-])C2=O)[C@H](O)[C@H](O)C1O)[C@H](O)[C@H](O)CCCCCCCCCCCCCC. The van der Waals surface area contributed by atoms with Gasteiger partial charge in [-0.15, -0.1) is 11.8 Å². The van der Waals surface area contributed by atoms with Crippen molar-refractivity contribution in [2.24, 2.45) is 5.11 Å². The van der Waals surface area contributed by atoms with Crippen molar-refractivity contribution in [1.82, 2.24) is 10.2 Å². The summed E-state index contributed by atoms with van der Waals surface area (Å²) in [5.41, 5.74) is 8.46. The summed E-state index contributed by atoms with van der Waals surface area (Å²) >= 11 is 2.71. The van der Waals surface area contributed by atoms with Crippen molar-refractivity contribution in [3.63, 3.8) is 0 Å². The third kappa shape index (κ3) is 28.2. The van der Waals surface area contributed by atoms with E-state index in [0.717, 1.165) is 42.3 Å². The highest BCUT2D eigenvalue weighted by atomic mass is 127. The van der Waals surface area contributed by atoms with Crippen LogP contribution in [0.1, 0.15) is 117 Å². The zero-order chi connectivity index (χ0) is 55.4. The fourth-order valence-electron chi connectivity index (χ4n) is 6.92. The number of ether oxygens (including phenoxy) is 2. The number of carbonyl (C=O) groups excluding carboxylic acids is 3. The zero-order valence-electron chi connectivity index (χ0n) is 42.6. The first-order valence-electron chi connectivity index (χ1n) is 24.8. The van der Waals surface area contributed by atoms with Crippen molar-refractivity contribution < 1.29 is 49.4 Å². The molecule has 0 saturated carbocycles. The molecule has 0 bridgehead atoms. The maximum absolute atomic E-state index is 13.2. The molecule has 1 fully saturated rings. The van der Waals surface area contributed by atoms with E-state index in [9.17, 15) is 39.9 Å². The number of aliphatic hydroxyl groups excluding tert-OH is 5. The van der Waals surface area contributed by atoms with Gasteiger partial charge in [-0.25, -0.2) is 0 Å². The average Bonchev–Trinajstić information content (AvgIpc) is 3.62. The molecule has 2 unspecified atom stereocenters. The first-order chi connectivity index (χ1) is 37.0. The van der Waals surface area contributed by atoms with Gasteiger partial charge in [0, 0.05) is 65.2 Å². The van der Waals surface area contributed by atoms with Gasteiger partial charge in [0.05, 0.1) is 33.3 Å². The summed E-state index contributed by atoms with van der Waals surface area (Å²) in [6, 6.07) is -1.31. The number of aliphatic hydroxyl groups is 5.